The molecule has 0 atom stereocenters. The van der Waals surface area contributed by atoms with Crippen LogP contribution in [0.1, 0.15) is 42.5 Å². The fourth-order valence-electron chi connectivity index (χ4n) is 4.26. The normalized spacial score (nSPS) is 20.1. The fourth-order valence-corrected chi connectivity index (χ4v) is 5.67. The summed E-state index contributed by atoms with van der Waals surface area (Å²) >= 11 is 0. The Bertz CT molecular complexity index is 1120. The minimum absolute atomic E-state index is 0.0395. The maximum Gasteiger partial charge on any atom is 0.334 e. The van der Waals surface area contributed by atoms with E-state index >= 15 is 0 Å². The highest BCUT2D eigenvalue weighted by molar-refractivity contribution is 7.89. The molecule has 0 saturated carbocycles. The molecule has 3 aliphatic rings. The number of carbonyl (C=O) groups is 4. The van der Waals surface area contributed by atoms with Gasteiger partial charge in [-0.05, 0) is 56.4 Å². The van der Waals surface area contributed by atoms with Crippen LogP contribution in [-0.2, 0) is 24.3 Å². The third-order valence-corrected chi connectivity index (χ3v) is 8.18. The van der Waals surface area contributed by atoms with E-state index in [1.807, 2.05) is 0 Å². The molecule has 2 saturated heterocycles. The van der Waals surface area contributed by atoms with Crippen molar-refractivity contribution in [2.75, 3.05) is 39.4 Å². The first kappa shape index (κ1) is 24.2. The molecule has 0 aromatic heterocycles. The highest BCUT2D eigenvalue weighted by Crippen LogP contribution is 2.23. The molecule has 0 bridgehead atoms. The van der Waals surface area contributed by atoms with Crippen molar-refractivity contribution in [3.05, 3.63) is 41.5 Å². The molecule has 2 heterocycles. The predicted molar refractivity (Wildman–Crippen MR) is 120 cm³/mol. The predicted octanol–water partition coefficient (Wildman–Crippen LogP) is 1.57. The van der Waals surface area contributed by atoms with Crippen molar-refractivity contribution in [1.29, 1.82) is 0 Å². The molecule has 34 heavy (non-hydrogen) atoms. The molecule has 1 aromatic carbocycles. The first-order chi connectivity index (χ1) is 16.3. The maximum absolute atomic E-state index is 12.7. The van der Waals surface area contributed by atoms with E-state index < -0.39 is 40.2 Å². The van der Waals surface area contributed by atoms with E-state index in [0.29, 0.717) is 24.5 Å². The summed E-state index contributed by atoms with van der Waals surface area (Å²) in [5.74, 6) is -2.52. The maximum atomic E-state index is 12.7. The van der Waals surface area contributed by atoms with E-state index in [1.165, 1.54) is 34.1 Å². The lowest BCUT2D eigenvalue weighted by atomic mass is 9.97. The average Bonchev–Trinajstić information content (AvgIpc) is 3.06. The molecule has 0 unspecified atom stereocenters. The third-order valence-electron chi connectivity index (χ3n) is 6.26. The van der Waals surface area contributed by atoms with Crippen molar-refractivity contribution < 1.29 is 32.3 Å². The second kappa shape index (κ2) is 10.2. The van der Waals surface area contributed by atoms with Crippen molar-refractivity contribution in [2.45, 2.75) is 37.0 Å². The Labute approximate surface area is 198 Å². The number of nitrogens with zero attached hydrogens (tertiary/aromatic N) is 3. The molecular formula is C23H27N3O7S. The van der Waals surface area contributed by atoms with Crippen LogP contribution in [0.5, 0.6) is 0 Å². The molecule has 10 nitrogen and oxygen atoms in total. The van der Waals surface area contributed by atoms with E-state index in [0.717, 1.165) is 30.6 Å². The lowest BCUT2D eigenvalue weighted by Crippen LogP contribution is -2.40. The van der Waals surface area contributed by atoms with Gasteiger partial charge < -0.3 is 4.74 Å². The number of Topliss-reactive ketones (excluding diaryl/α,β-unsaturated/α-hetero) is 1. The van der Waals surface area contributed by atoms with Crippen LogP contribution in [-0.4, -0.2) is 85.5 Å². The molecule has 1 aliphatic carbocycles. The second-order valence-corrected chi connectivity index (χ2v) is 10.4. The average molecular weight is 490 g/mol. The van der Waals surface area contributed by atoms with Gasteiger partial charge in [0.15, 0.2) is 5.78 Å². The number of urea groups is 1. The molecule has 0 radical (unpaired) electrons. The number of ether oxygens (including phenoxy) is 1. The third kappa shape index (κ3) is 4.96. The van der Waals surface area contributed by atoms with Crippen molar-refractivity contribution >= 4 is 33.7 Å². The number of imide groups is 2. The van der Waals surface area contributed by atoms with Crippen LogP contribution in [0.4, 0.5) is 4.79 Å². The van der Waals surface area contributed by atoms with Gasteiger partial charge in [-0.3, -0.25) is 19.3 Å². The fraction of sp³-hybridized carbons (Fsp3) is 0.478. The Morgan fingerprint density at radius 2 is 1.62 bits per heavy atom. The molecule has 0 N–H and O–H groups in total. The number of allylic oxidation sites excluding steroid dienone is 1. The number of ketones is 1. The number of sulfonamides is 1. The van der Waals surface area contributed by atoms with Crippen LogP contribution in [0.15, 0.2) is 40.8 Å². The molecule has 2 aliphatic heterocycles. The monoisotopic (exact) mass is 489 g/mol. The van der Waals surface area contributed by atoms with Crippen LogP contribution in [0.2, 0.25) is 0 Å². The van der Waals surface area contributed by atoms with Crippen LogP contribution >= 0.6 is 0 Å². The zero-order chi connectivity index (χ0) is 24.3. The van der Waals surface area contributed by atoms with Crippen molar-refractivity contribution in [3.8, 4) is 0 Å². The van der Waals surface area contributed by atoms with Gasteiger partial charge >= 0.3 is 17.8 Å². The van der Waals surface area contributed by atoms with Gasteiger partial charge in [0, 0.05) is 25.2 Å². The Morgan fingerprint density at radius 1 is 0.941 bits per heavy atom. The number of hydrogen-bond donors (Lipinski definition) is 0. The summed E-state index contributed by atoms with van der Waals surface area (Å²) in [6.07, 6.45) is 6.72. The van der Waals surface area contributed by atoms with Gasteiger partial charge in [-0.2, -0.15) is 4.31 Å². The Hall–Kier alpha value is -2.89. The molecule has 4 rings (SSSR count). The lowest BCUT2D eigenvalue weighted by molar-refractivity contribution is -0.143. The van der Waals surface area contributed by atoms with E-state index in [9.17, 15) is 27.6 Å². The molecule has 0 spiro atoms. The van der Waals surface area contributed by atoms with Crippen LogP contribution in [0.3, 0.4) is 0 Å². The molecular weight excluding hydrogens is 462 g/mol. The van der Waals surface area contributed by atoms with E-state index in [-0.39, 0.29) is 30.1 Å². The first-order valence-corrected chi connectivity index (χ1v) is 12.8. The topological polar surface area (TPSA) is 121 Å². The molecule has 11 heteroatoms. The van der Waals surface area contributed by atoms with Gasteiger partial charge in [-0.25, -0.2) is 18.1 Å². The summed E-state index contributed by atoms with van der Waals surface area (Å²) < 4.78 is 31.9. The van der Waals surface area contributed by atoms with Gasteiger partial charge in [0.1, 0.15) is 0 Å². The number of rotatable bonds is 8. The molecule has 182 valence electrons. The lowest BCUT2D eigenvalue weighted by Gasteiger charge is -2.26. The smallest absolute Gasteiger partial charge is 0.334 e. The second-order valence-electron chi connectivity index (χ2n) is 8.45. The highest BCUT2D eigenvalue weighted by atomic mass is 32.2. The number of hydrogen-bond acceptors (Lipinski definition) is 7. The largest absolute Gasteiger partial charge is 0.379 e. The molecule has 2 fully saturated rings. The molecule has 4 amide bonds. The van der Waals surface area contributed by atoms with Gasteiger partial charge in [0.2, 0.25) is 10.0 Å². The van der Waals surface area contributed by atoms with Gasteiger partial charge in [-0.15, -0.1) is 0 Å². The summed E-state index contributed by atoms with van der Waals surface area (Å²) in [5.41, 5.74) is 1.31. The number of morpholine rings is 1. The van der Waals surface area contributed by atoms with Crippen LogP contribution < -0.4 is 0 Å². The molecule has 1 aromatic rings. The summed E-state index contributed by atoms with van der Waals surface area (Å²) in [7, 11) is -3.71. The number of benzene rings is 1. The first-order valence-electron chi connectivity index (χ1n) is 11.4. The number of amides is 4. The highest BCUT2D eigenvalue weighted by Gasteiger charge is 2.45. The summed E-state index contributed by atoms with van der Waals surface area (Å²) in [4.78, 5) is 51.6. The zero-order valence-electron chi connectivity index (χ0n) is 18.8. The van der Waals surface area contributed by atoms with Crippen molar-refractivity contribution in [3.63, 3.8) is 0 Å². The van der Waals surface area contributed by atoms with Crippen LogP contribution in [0.25, 0.3) is 0 Å². The van der Waals surface area contributed by atoms with E-state index in [4.69, 9.17) is 4.74 Å². The van der Waals surface area contributed by atoms with Crippen molar-refractivity contribution in [2.24, 2.45) is 0 Å². The van der Waals surface area contributed by atoms with Gasteiger partial charge in [0.25, 0.3) is 0 Å². The minimum atomic E-state index is -3.71. The zero-order valence-corrected chi connectivity index (χ0v) is 19.6. The Kier molecular flexibility index (Phi) is 7.24. The quantitative estimate of drug-likeness (QED) is 0.235. The standard InChI is InChI=1S/C23H27N3O7S/c27-20(18-6-8-19(9-7-18)34(31,32)24-12-14-33-15-13-24)16-26-22(29)21(28)25(23(26)30)11-10-17-4-2-1-3-5-17/h4,6-9H,1-3,5,10-16H2. The summed E-state index contributed by atoms with van der Waals surface area (Å²) in [6, 6.07) is 4.53. The summed E-state index contributed by atoms with van der Waals surface area (Å²) in [6.45, 7) is 0.669. The Balaban J connectivity index is 1.39. The van der Waals surface area contributed by atoms with Gasteiger partial charge in [0.05, 0.1) is 24.7 Å². The SMILES string of the molecule is O=C(CN1C(=O)C(=O)N(CCC2=CCCCC2)C1=O)c1ccc(S(=O)(=O)N2CCOCC2)cc1. The van der Waals surface area contributed by atoms with Crippen molar-refractivity contribution in [1.82, 2.24) is 14.1 Å². The van der Waals surface area contributed by atoms with Crippen LogP contribution in [0, 0.1) is 0 Å². The number of carbonyl (C=O) groups excluding carboxylic acids is 4. The Morgan fingerprint density at radius 3 is 2.26 bits per heavy atom. The van der Waals surface area contributed by atoms with E-state index in [2.05, 4.69) is 6.08 Å². The van der Waals surface area contributed by atoms with Gasteiger partial charge in [-0.1, -0.05) is 11.6 Å². The summed E-state index contributed by atoms with van der Waals surface area (Å²) in [5, 5.41) is 0. The minimum Gasteiger partial charge on any atom is -0.379 e. The van der Waals surface area contributed by atoms with E-state index in [1.54, 1.807) is 0 Å².